The first kappa shape index (κ1) is 18.3. The van der Waals surface area contributed by atoms with Gasteiger partial charge in [0.25, 0.3) is 0 Å². The quantitative estimate of drug-likeness (QED) is 0.416. The molecule has 0 fully saturated rings. The third-order valence-corrected chi connectivity index (χ3v) is 3.44. The number of aliphatic hydroxyl groups is 3. The van der Waals surface area contributed by atoms with Crippen molar-refractivity contribution in [2.24, 2.45) is 0 Å². The van der Waals surface area contributed by atoms with Crippen LogP contribution in [0.15, 0.2) is 11.5 Å². The highest BCUT2D eigenvalue weighted by molar-refractivity contribution is 5.89. The summed E-state index contributed by atoms with van der Waals surface area (Å²) >= 11 is 0. The smallest absolute Gasteiger partial charge is 0.377 e. The summed E-state index contributed by atoms with van der Waals surface area (Å²) in [7, 11) is 0. The molecule has 0 aliphatic carbocycles. The standard InChI is InChI=1S/C15H24O7/c1-2-3-4-5-6-7-8-11(17)21-9-10(16)14-12(18)13(19)15(20)22-14/h10,14,16,18-19H,2-9H2,1H3/t10-,14+/m0/s1. The van der Waals surface area contributed by atoms with Gasteiger partial charge in [-0.25, -0.2) is 4.79 Å². The molecule has 1 heterocycles. The lowest BCUT2D eigenvalue weighted by molar-refractivity contribution is -0.154. The Kier molecular flexibility index (Phi) is 7.73. The summed E-state index contributed by atoms with van der Waals surface area (Å²) in [5.41, 5.74) is 0. The van der Waals surface area contributed by atoms with Crippen LogP contribution in [0.5, 0.6) is 0 Å². The number of rotatable bonds is 10. The van der Waals surface area contributed by atoms with Crippen LogP contribution in [0.4, 0.5) is 0 Å². The molecule has 7 heteroatoms. The summed E-state index contributed by atoms with van der Waals surface area (Å²) in [6.45, 7) is 1.72. The van der Waals surface area contributed by atoms with Gasteiger partial charge in [0.15, 0.2) is 11.9 Å². The Hall–Kier alpha value is -1.76. The number of hydrogen-bond donors (Lipinski definition) is 3. The van der Waals surface area contributed by atoms with Gasteiger partial charge in [0.2, 0.25) is 5.76 Å². The Balaban J connectivity index is 2.18. The van der Waals surface area contributed by atoms with Crippen LogP contribution < -0.4 is 0 Å². The minimum absolute atomic E-state index is 0.260. The van der Waals surface area contributed by atoms with Crippen molar-refractivity contribution in [3.8, 4) is 0 Å². The number of cyclic esters (lactones) is 1. The molecule has 22 heavy (non-hydrogen) atoms. The topological polar surface area (TPSA) is 113 Å². The largest absolute Gasteiger partial charge is 0.505 e. The molecule has 0 radical (unpaired) electrons. The average Bonchev–Trinajstić information content (AvgIpc) is 2.76. The second kappa shape index (κ2) is 9.30. The van der Waals surface area contributed by atoms with Gasteiger partial charge in [-0.1, -0.05) is 39.0 Å². The van der Waals surface area contributed by atoms with Crippen LogP contribution in [0.1, 0.15) is 51.9 Å². The van der Waals surface area contributed by atoms with Gasteiger partial charge in [-0.15, -0.1) is 0 Å². The summed E-state index contributed by atoms with van der Waals surface area (Å²) in [4.78, 5) is 22.5. The molecule has 0 aromatic rings. The van der Waals surface area contributed by atoms with Gasteiger partial charge >= 0.3 is 11.9 Å². The number of aliphatic hydroxyl groups excluding tert-OH is 3. The first-order valence-electron chi connectivity index (χ1n) is 7.64. The molecular formula is C15H24O7. The van der Waals surface area contributed by atoms with Crippen LogP contribution in [0.2, 0.25) is 0 Å². The predicted octanol–water partition coefficient (Wildman–Crippen LogP) is 1.89. The first-order chi connectivity index (χ1) is 10.5. The summed E-state index contributed by atoms with van der Waals surface area (Å²) in [6.07, 6.45) is 3.74. The van der Waals surface area contributed by atoms with Crippen molar-refractivity contribution in [3.63, 3.8) is 0 Å². The van der Waals surface area contributed by atoms with E-state index in [0.29, 0.717) is 0 Å². The fourth-order valence-corrected chi connectivity index (χ4v) is 2.11. The van der Waals surface area contributed by atoms with Crippen molar-refractivity contribution in [3.05, 3.63) is 11.5 Å². The lowest BCUT2D eigenvalue weighted by Crippen LogP contribution is -2.33. The Bertz CT molecular complexity index is 416. The van der Waals surface area contributed by atoms with E-state index in [2.05, 4.69) is 11.7 Å². The molecular weight excluding hydrogens is 292 g/mol. The van der Waals surface area contributed by atoms with Gasteiger partial charge in [-0.3, -0.25) is 4.79 Å². The summed E-state index contributed by atoms with van der Waals surface area (Å²) in [5, 5.41) is 28.2. The highest BCUT2D eigenvalue weighted by Gasteiger charge is 2.39. The molecule has 0 amide bonds. The lowest BCUT2D eigenvalue weighted by Gasteiger charge is -2.17. The molecule has 0 unspecified atom stereocenters. The normalized spacial score (nSPS) is 19.2. The van der Waals surface area contributed by atoms with E-state index in [1.807, 2.05) is 0 Å². The van der Waals surface area contributed by atoms with E-state index >= 15 is 0 Å². The molecule has 1 aliphatic heterocycles. The Morgan fingerprint density at radius 1 is 1.23 bits per heavy atom. The summed E-state index contributed by atoms with van der Waals surface area (Å²) in [5.74, 6) is -3.24. The second-order valence-corrected chi connectivity index (χ2v) is 5.33. The van der Waals surface area contributed by atoms with Crippen LogP contribution in [-0.2, 0) is 19.1 Å². The van der Waals surface area contributed by atoms with Gasteiger partial charge in [0.05, 0.1) is 0 Å². The Labute approximate surface area is 129 Å². The lowest BCUT2D eigenvalue weighted by atomic mass is 10.1. The van der Waals surface area contributed by atoms with Gasteiger partial charge in [-0.2, -0.15) is 0 Å². The van der Waals surface area contributed by atoms with Crippen molar-refractivity contribution >= 4 is 11.9 Å². The van der Waals surface area contributed by atoms with Crippen molar-refractivity contribution in [1.82, 2.24) is 0 Å². The zero-order valence-corrected chi connectivity index (χ0v) is 12.8. The number of carbonyl (C=O) groups is 2. The summed E-state index contributed by atoms with van der Waals surface area (Å²) < 4.78 is 9.43. The van der Waals surface area contributed by atoms with Gasteiger partial charge in [0.1, 0.15) is 12.7 Å². The molecule has 0 aromatic heterocycles. The number of hydrogen-bond acceptors (Lipinski definition) is 7. The average molecular weight is 316 g/mol. The Morgan fingerprint density at radius 2 is 1.86 bits per heavy atom. The van der Waals surface area contributed by atoms with E-state index in [1.54, 1.807) is 0 Å². The van der Waals surface area contributed by atoms with Crippen molar-refractivity contribution in [2.45, 2.75) is 64.1 Å². The fourth-order valence-electron chi connectivity index (χ4n) is 2.11. The monoisotopic (exact) mass is 316 g/mol. The highest BCUT2D eigenvalue weighted by atomic mass is 16.6. The molecule has 0 spiro atoms. The van der Waals surface area contributed by atoms with E-state index in [-0.39, 0.29) is 6.42 Å². The maximum atomic E-state index is 11.5. The van der Waals surface area contributed by atoms with Crippen LogP contribution in [0.3, 0.4) is 0 Å². The van der Waals surface area contributed by atoms with Gasteiger partial charge in [0, 0.05) is 6.42 Å². The molecule has 0 aromatic carbocycles. The van der Waals surface area contributed by atoms with E-state index in [0.717, 1.165) is 25.7 Å². The van der Waals surface area contributed by atoms with E-state index < -0.39 is 42.3 Å². The van der Waals surface area contributed by atoms with Crippen molar-refractivity contribution in [1.29, 1.82) is 0 Å². The van der Waals surface area contributed by atoms with Crippen molar-refractivity contribution in [2.75, 3.05) is 6.61 Å². The van der Waals surface area contributed by atoms with E-state index in [9.17, 15) is 19.8 Å². The molecule has 0 bridgehead atoms. The van der Waals surface area contributed by atoms with Crippen molar-refractivity contribution < 1.29 is 34.4 Å². The van der Waals surface area contributed by atoms with Gasteiger partial charge in [-0.05, 0) is 6.42 Å². The van der Waals surface area contributed by atoms with Gasteiger partial charge < -0.3 is 24.8 Å². The molecule has 126 valence electrons. The number of carbonyl (C=O) groups excluding carboxylic acids is 2. The molecule has 1 rings (SSSR count). The minimum atomic E-state index is -1.41. The van der Waals surface area contributed by atoms with E-state index in [1.165, 1.54) is 12.8 Å². The number of ether oxygens (including phenoxy) is 2. The molecule has 7 nitrogen and oxygen atoms in total. The predicted molar refractivity (Wildman–Crippen MR) is 77.1 cm³/mol. The SMILES string of the molecule is CCCCCCCCC(=O)OC[C@H](O)[C@H]1OC(=O)C(O)=C1O. The second-order valence-electron chi connectivity index (χ2n) is 5.33. The van der Waals surface area contributed by atoms with Crippen LogP contribution in [0, 0.1) is 0 Å². The molecule has 0 saturated heterocycles. The first-order valence-corrected chi connectivity index (χ1v) is 7.64. The minimum Gasteiger partial charge on any atom is -0.505 e. The number of esters is 2. The number of unbranched alkanes of at least 4 members (excludes halogenated alkanes) is 5. The van der Waals surface area contributed by atoms with Crippen LogP contribution >= 0.6 is 0 Å². The van der Waals surface area contributed by atoms with E-state index in [4.69, 9.17) is 9.84 Å². The van der Waals surface area contributed by atoms with Crippen LogP contribution in [-0.4, -0.2) is 46.1 Å². The summed E-state index contributed by atoms with van der Waals surface area (Å²) in [6, 6.07) is 0. The Morgan fingerprint density at radius 3 is 2.45 bits per heavy atom. The molecule has 2 atom stereocenters. The maximum absolute atomic E-state index is 11.5. The third kappa shape index (κ3) is 5.55. The van der Waals surface area contributed by atoms with Crippen LogP contribution in [0.25, 0.3) is 0 Å². The molecule has 3 N–H and O–H groups in total. The molecule has 1 aliphatic rings. The highest BCUT2D eigenvalue weighted by Crippen LogP contribution is 2.21. The fraction of sp³-hybridized carbons (Fsp3) is 0.733. The maximum Gasteiger partial charge on any atom is 0.377 e. The molecule has 0 saturated carbocycles. The zero-order valence-electron chi connectivity index (χ0n) is 12.8. The third-order valence-electron chi connectivity index (χ3n) is 3.44. The zero-order chi connectivity index (χ0) is 16.5.